The van der Waals surface area contributed by atoms with Crippen LogP contribution in [0.2, 0.25) is 0 Å². The maximum atomic E-state index is 12.4. The van der Waals surface area contributed by atoms with E-state index < -0.39 is 12.1 Å². The molecule has 2 atom stereocenters. The number of nitrogens with one attached hydrogen (secondary N) is 1. The van der Waals surface area contributed by atoms with Gasteiger partial charge in [0.2, 0.25) is 5.91 Å². The molecule has 0 aliphatic rings. The van der Waals surface area contributed by atoms with Gasteiger partial charge in [0.25, 0.3) is 0 Å². The first kappa shape index (κ1) is 64.1. The smallest absolute Gasteiger partial charge is 0.305 e. The van der Waals surface area contributed by atoms with E-state index in [4.69, 9.17) is 4.74 Å². The highest BCUT2D eigenvalue weighted by Gasteiger charge is 2.17. The van der Waals surface area contributed by atoms with Crippen LogP contribution in [0, 0.1) is 0 Å². The van der Waals surface area contributed by atoms with Gasteiger partial charge in [0.05, 0.1) is 25.4 Å². The number of hydrogen-bond donors (Lipinski definition) is 3. The Labute approximate surface area is 411 Å². The number of aliphatic hydroxyl groups excluding tert-OH is 2. The zero-order chi connectivity index (χ0) is 47.9. The normalized spacial score (nSPS) is 12.8. The molecule has 0 aliphatic heterocycles. The number of carbonyl (C=O) groups is 2. The Morgan fingerprint density at radius 2 is 0.773 bits per heavy atom. The van der Waals surface area contributed by atoms with Gasteiger partial charge < -0.3 is 20.3 Å². The Morgan fingerprint density at radius 1 is 0.424 bits per heavy atom. The molecule has 3 N–H and O–H groups in total. The van der Waals surface area contributed by atoms with Crippen molar-refractivity contribution in [3.8, 4) is 0 Å². The summed E-state index contributed by atoms with van der Waals surface area (Å²) < 4.78 is 5.47. The maximum absolute atomic E-state index is 12.4. The van der Waals surface area contributed by atoms with Crippen molar-refractivity contribution in [2.75, 3.05) is 13.2 Å². The van der Waals surface area contributed by atoms with Crippen molar-refractivity contribution in [3.63, 3.8) is 0 Å². The zero-order valence-electron chi connectivity index (χ0n) is 44.2. The minimum Gasteiger partial charge on any atom is -0.466 e. The third kappa shape index (κ3) is 51.5. The minimum absolute atomic E-state index is 0.0140. The van der Waals surface area contributed by atoms with Gasteiger partial charge in [0.15, 0.2) is 0 Å². The Hall–Kier alpha value is -1.92. The van der Waals surface area contributed by atoms with E-state index in [1.54, 1.807) is 6.08 Å². The van der Waals surface area contributed by atoms with Crippen molar-refractivity contribution < 1.29 is 24.5 Å². The summed E-state index contributed by atoms with van der Waals surface area (Å²) >= 11 is 0. The molecule has 388 valence electrons. The SMILES string of the molecule is CCCCCCCCCCCCCCCCCC/C=C/C(O)C(CO)NC(=O)CC/C=C\C/C=C\CCCCCCCCOC(=O)CCCCCCCCCCCCCCCCCCCC. The summed E-state index contributed by atoms with van der Waals surface area (Å²) in [5, 5.41) is 23.1. The van der Waals surface area contributed by atoms with Crippen LogP contribution in [0.4, 0.5) is 0 Å². The second-order valence-electron chi connectivity index (χ2n) is 20.0. The molecule has 6 heteroatoms. The standard InChI is InChI=1S/C60H113NO5/c1-3-5-7-9-11-13-15-17-19-21-23-25-28-32-36-40-44-48-52-58(63)57(56-62)61-59(64)53-49-45-41-37-33-29-27-31-35-39-43-47-51-55-66-60(65)54-50-46-42-38-34-30-26-24-22-20-18-16-14-12-10-8-6-4-2/h29,33,41,45,48,52,57-58,62-63H,3-28,30-32,34-40,42-44,46-47,49-51,53-56H2,1-2H3,(H,61,64)/b33-29-,45-41-,52-48+. The number of hydrogen-bond acceptors (Lipinski definition) is 5. The monoisotopic (exact) mass is 928 g/mol. The van der Waals surface area contributed by atoms with Gasteiger partial charge in [-0.15, -0.1) is 0 Å². The Kier molecular flexibility index (Phi) is 54.1. The third-order valence-electron chi connectivity index (χ3n) is 13.4. The van der Waals surface area contributed by atoms with E-state index >= 15 is 0 Å². The predicted octanol–water partition coefficient (Wildman–Crippen LogP) is 18.0. The topological polar surface area (TPSA) is 95.9 Å². The van der Waals surface area contributed by atoms with Crippen LogP contribution in [0.1, 0.15) is 309 Å². The van der Waals surface area contributed by atoms with Gasteiger partial charge in [-0.2, -0.15) is 0 Å². The van der Waals surface area contributed by atoms with Crippen molar-refractivity contribution in [1.82, 2.24) is 5.32 Å². The molecule has 0 aromatic carbocycles. The molecule has 0 bridgehead atoms. The first-order valence-electron chi connectivity index (χ1n) is 29.3. The summed E-state index contributed by atoms with van der Waals surface area (Å²) in [6.07, 6.45) is 68.9. The molecule has 2 unspecified atom stereocenters. The van der Waals surface area contributed by atoms with Gasteiger partial charge in [-0.1, -0.05) is 281 Å². The molecule has 0 rings (SSSR count). The van der Waals surface area contributed by atoms with E-state index in [2.05, 4.69) is 37.4 Å². The van der Waals surface area contributed by atoms with Gasteiger partial charge in [0.1, 0.15) is 0 Å². The van der Waals surface area contributed by atoms with Crippen LogP contribution in [0.25, 0.3) is 0 Å². The average Bonchev–Trinajstić information content (AvgIpc) is 3.32. The molecule has 0 aromatic heterocycles. The second kappa shape index (κ2) is 55.7. The molecule has 0 radical (unpaired) electrons. The molecular formula is C60H113NO5. The summed E-state index contributed by atoms with van der Waals surface area (Å²) in [5.74, 6) is -0.161. The number of amides is 1. The fourth-order valence-corrected chi connectivity index (χ4v) is 8.92. The van der Waals surface area contributed by atoms with Crippen LogP contribution in [-0.2, 0) is 14.3 Å². The number of unbranched alkanes of at least 4 members (excludes halogenated alkanes) is 39. The van der Waals surface area contributed by atoms with Gasteiger partial charge in [-0.05, 0) is 51.4 Å². The molecule has 6 nitrogen and oxygen atoms in total. The fourth-order valence-electron chi connectivity index (χ4n) is 8.92. The number of aliphatic hydroxyl groups is 2. The molecule has 0 saturated heterocycles. The lowest BCUT2D eigenvalue weighted by atomic mass is 10.0. The zero-order valence-corrected chi connectivity index (χ0v) is 44.2. The summed E-state index contributed by atoms with van der Waals surface area (Å²) in [5.41, 5.74) is 0. The fraction of sp³-hybridized carbons (Fsp3) is 0.867. The number of esters is 1. The lowest BCUT2D eigenvalue weighted by Gasteiger charge is -2.19. The van der Waals surface area contributed by atoms with Gasteiger partial charge in [-0.25, -0.2) is 0 Å². The largest absolute Gasteiger partial charge is 0.466 e. The van der Waals surface area contributed by atoms with Crippen molar-refractivity contribution >= 4 is 11.9 Å². The highest BCUT2D eigenvalue weighted by Crippen LogP contribution is 2.17. The van der Waals surface area contributed by atoms with E-state index in [0.29, 0.717) is 25.9 Å². The highest BCUT2D eigenvalue weighted by molar-refractivity contribution is 5.76. The molecule has 0 saturated carbocycles. The average molecular weight is 929 g/mol. The summed E-state index contributed by atoms with van der Waals surface area (Å²) in [4.78, 5) is 24.5. The van der Waals surface area contributed by atoms with Crippen molar-refractivity contribution in [1.29, 1.82) is 0 Å². The number of rotatable bonds is 54. The first-order valence-corrected chi connectivity index (χ1v) is 29.3. The van der Waals surface area contributed by atoms with Gasteiger partial charge in [0, 0.05) is 12.8 Å². The van der Waals surface area contributed by atoms with Crippen molar-refractivity contribution in [3.05, 3.63) is 36.5 Å². The number of ether oxygens (including phenoxy) is 1. The molecule has 0 fully saturated rings. The first-order chi connectivity index (χ1) is 32.5. The molecule has 1 amide bonds. The van der Waals surface area contributed by atoms with Crippen LogP contribution in [-0.4, -0.2) is 47.4 Å². The summed E-state index contributed by atoms with van der Waals surface area (Å²) in [6.45, 7) is 4.86. The van der Waals surface area contributed by atoms with Crippen LogP contribution in [0.3, 0.4) is 0 Å². The Balaban J connectivity index is 3.55. The summed E-state index contributed by atoms with van der Waals surface area (Å²) in [6, 6.07) is -0.672. The molecule has 66 heavy (non-hydrogen) atoms. The number of allylic oxidation sites excluding steroid dienone is 5. The van der Waals surface area contributed by atoms with Crippen LogP contribution >= 0.6 is 0 Å². The van der Waals surface area contributed by atoms with Crippen LogP contribution in [0.5, 0.6) is 0 Å². The van der Waals surface area contributed by atoms with Crippen molar-refractivity contribution in [2.24, 2.45) is 0 Å². The molecule has 0 aromatic rings. The predicted molar refractivity (Wildman–Crippen MR) is 287 cm³/mol. The quantitative estimate of drug-likeness (QED) is 0.0321. The van der Waals surface area contributed by atoms with Crippen LogP contribution in [0.15, 0.2) is 36.5 Å². The van der Waals surface area contributed by atoms with Crippen molar-refractivity contribution in [2.45, 2.75) is 321 Å². The van der Waals surface area contributed by atoms with Crippen LogP contribution < -0.4 is 5.32 Å². The Bertz CT molecular complexity index is 1070. The second-order valence-corrected chi connectivity index (χ2v) is 20.0. The molecule has 0 spiro atoms. The van der Waals surface area contributed by atoms with E-state index in [0.717, 1.165) is 51.4 Å². The highest BCUT2D eigenvalue weighted by atomic mass is 16.5. The van der Waals surface area contributed by atoms with E-state index in [1.165, 1.54) is 225 Å². The lowest BCUT2D eigenvalue weighted by Crippen LogP contribution is -2.45. The van der Waals surface area contributed by atoms with E-state index in [1.807, 2.05) is 12.2 Å². The minimum atomic E-state index is -0.879. The lowest BCUT2D eigenvalue weighted by molar-refractivity contribution is -0.143. The van der Waals surface area contributed by atoms with E-state index in [9.17, 15) is 19.8 Å². The maximum Gasteiger partial charge on any atom is 0.305 e. The molecule has 0 heterocycles. The van der Waals surface area contributed by atoms with E-state index in [-0.39, 0.29) is 18.5 Å². The Morgan fingerprint density at radius 3 is 1.18 bits per heavy atom. The van der Waals surface area contributed by atoms with Gasteiger partial charge in [-0.3, -0.25) is 9.59 Å². The summed E-state index contributed by atoms with van der Waals surface area (Å²) in [7, 11) is 0. The third-order valence-corrected chi connectivity index (χ3v) is 13.4. The molecule has 0 aliphatic carbocycles. The number of carbonyl (C=O) groups excluding carboxylic acids is 2. The molecular weight excluding hydrogens is 815 g/mol. The van der Waals surface area contributed by atoms with Gasteiger partial charge >= 0.3 is 5.97 Å².